The molecule has 0 bridgehead atoms. The Morgan fingerprint density at radius 1 is 1.45 bits per heavy atom. The van der Waals surface area contributed by atoms with E-state index >= 15 is 0 Å². The molecule has 112 valence electrons. The number of rotatable bonds is 5. The van der Waals surface area contributed by atoms with Crippen molar-refractivity contribution >= 4 is 5.91 Å². The molecule has 2 rings (SSSR count). The van der Waals surface area contributed by atoms with Gasteiger partial charge in [0.25, 0.3) is 0 Å². The fourth-order valence-corrected chi connectivity index (χ4v) is 3.08. The lowest BCUT2D eigenvalue weighted by molar-refractivity contribution is -0.132. The van der Waals surface area contributed by atoms with E-state index in [4.69, 9.17) is 4.74 Å². The van der Waals surface area contributed by atoms with Gasteiger partial charge in [-0.2, -0.15) is 5.10 Å². The van der Waals surface area contributed by atoms with Crippen molar-refractivity contribution in [1.29, 1.82) is 0 Å². The molecule has 2 heterocycles. The number of amides is 1. The van der Waals surface area contributed by atoms with Crippen molar-refractivity contribution in [2.75, 3.05) is 20.3 Å². The van der Waals surface area contributed by atoms with E-state index in [2.05, 4.69) is 12.0 Å². The number of ether oxygens (including phenoxy) is 1. The first-order valence-corrected chi connectivity index (χ1v) is 7.32. The molecule has 1 aliphatic rings. The maximum absolute atomic E-state index is 12.4. The summed E-state index contributed by atoms with van der Waals surface area (Å²) in [6, 6.07) is 0.267. The molecule has 0 radical (unpaired) electrons. The minimum absolute atomic E-state index is 0.243. The molecule has 1 aromatic heterocycles. The molecule has 1 unspecified atom stereocenters. The van der Waals surface area contributed by atoms with Gasteiger partial charge >= 0.3 is 0 Å². The quantitative estimate of drug-likeness (QED) is 0.822. The first-order chi connectivity index (χ1) is 9.54. The fraction of sp³-hybridized carbons (Fsp3) is 0.733. The van der Waals surface area contributed by atoms with Crippen molar-refractivity contribution in [2.24, 2.45) is 7.05 Å². The van der Waals surface area contributed by atoms with Crippen LogP contribution in [0.4, 0.5) is 0 Å². The molecule has 1 aliphatic heterocycles. The summed E-state index contributed by atoms with van der Waals surface area (Å²) in [7, 11) is 3.64. The van der Waals surface area contributed by atoms with Crippen LogP contribution in [0.5, 0.6) is 0 Å². The maximum Gasteiger partial charge on any atom is 0.223 e. The third-order valence-electron chi connectivity index (χ3n) is 4.30. The van der Waals surface area contributed by atoms with Crippen molar-refractivity contribution in [3.63, 3.8) is 0 Å². The van der Waals surface area contributed by atoms with Gasteiger partial charge in [-0.05, 0) is 38.7 Å². The van der Waals surface area contributed by atoms with Crippen LogP contribution in [-0.2, 0) is 23.0 Å². The number of methoxy groups -OCH3 is 1. The minimum atomic E-state index is 0.243. The molecule has 5 heteroatoms. The van der Waals surface area contributed by atoms with Gasteiger partial charge in [0.2, 0.25) is 5.91 Å². The van der Waals surface area contributed by atoms with Crippen LogP contribution < -0.4 is 0 Å². The third-order valence-corrected chi connectivity index (χ3v) is 4.30. The Morgan fingerprint density at radius 2 is 2.20 bits per heavy atom. The Bertz CT molecular complexity index is 482. The van der Waals surface area contributed by atoms with Crippen molar-refractivity contribution < 1.29 is 9.53 Å². The van der Waals surface area contributed by atoms with Gasteiger partial charge in [-0.1, -0.05) is 0 Å². The van der Waals surface area contributed by atoms with Crippen LogP contribution in [0.1, 0.15) is 36.2 Å². The average Bonchev–Trinajstić information content (AvgIpc) is 2.95. The van der Waals surface area contributed by atoms with Gasteiger partial charge in [-0.25, -0.2) is 0 Å². The predicted octanol–water partition coefficient (Wildman–Crippen LogP) is 1.61. The lowest BCUT2D eigenvalue weighted by atomic mass is 10.1. The van der Waals surface area contributed by atoms with Gasteiger partial charge in [0.05, 0.1) is 18.3 Å². The molecule has 1 atom stereocenters. The highest BCUT2D eigenvalue weighted by atomic mass is 16.5. The summed E-state index contributed by atoms with van der Waals surface area (Å²) in [5.41, 5.74) is 3.40. The van der Waals surface area contributed by atoms with E-state index in [9.17, 15) is 4.79 Å². The smallest absolute Gasteiger partial charge is 0.223 e. The lowest BCUT2D eigenvalue weighted by Crippen LogP contribution is -2.38. The van der Waals surface area contributed by atoms with Crippen molar-refractivity contribution in [2.45, 2.75) is 45.6 Å². The van der Waals surface area contributed by atoms with Gasteiger partial charge < -0.3 is 9.64 Å². The molecule has 1 aromatic rings. The van der Waals surface area contributed by atoms with Crippen LogP contribution in [0.15, 0.2) is 0 Å². The van der Waals surface area contributed by atoms with Crippen LogP contribution in [0.2, 0.25) is 0 Å². The van der Waals surface area contributed by atoms with E-state index in [1.54, 1.807) is 7.11 Å². The van der Waals surface area contributed by atoms with Crippen LogP contribution >= 0.6 is 0 Å². The fourth-order valence-electron chi connectivity index (χ4n) is 3.08. The van der Waals surface area contributed by atoms with E-state index in [-0.39, 0.29) is 11.9 Å². The third kappa shape index (κ3) is 3.03. The zero-order chi connectivity index (χ0) is 14.7. The SMILES string of the molecule is COCC1CCCN1C(=O)CCc1c(C)nn(C)c1C. The van der Waals surface area contributed by atoms with Gasteiger partial charge in [0.1, 0.15) is 0 Å². The van der Waals surface area contributed by atoms with Crippen LogP contribution in [0.25, 0.3) is 0 Å². The van der Waals surface area contributed by atoms with Gasteiger partial charge in [-0.3, -0.25) is 9.48 Å². The van der Waals surface area contributed by atoms with Gasteiger partial charge in [0.15, 0.2) is 0 Å². The number of aromatic nitrogens is 2. The molecule has 1 fully saturated rings. The van der Waals surface area contributed by atoms with E-state index in [1.165, 1.54) is 5.56 Å². The molecular weight excluding hydrogens is 254 g/mol. The summed E-state index contributed by atoms with van der Waals surface area (Å²) < 4.78 is 7.09. The van der Waals surface area contributed by atoms with Crippen molar-refractivity contribution in [1.82, 2.24) is 14.7 Å². The summed E-state index contributed by atoms with van der Waals surface area (Å²) in [5, 5.41) is 4.40. The Morgan fingerprint density at radius 3 is 2.80 bits per heavy atom. The molecule has 0 spiro atoms. The lowest BCUT2D eigenvalue weighted by Gasteiger charge is -2.24. The highest BCUT2D eigenvalue weighted by Gasteiger charge is 2.28. The average molecular weight is 279 g/mol. The second-order valence-corrected chi connectivity index (χ2v) is 5.61. The first-order valence-electron chi connectivity index (χ1n) is 7.32. The summed E-state index contributed by atoms with van der Waals surface area (Å²) in [6.07, 6.45) is 3.49. The molecule has 1 amide bonds. The standard InChI is InChI=1S/C15H25N3O2/c1-11-14(12(2)17(3)16-11)7-8-15(19)18-9-5-6-13(18)10-20-4/h13H,5-10H2,1-4H3. The molecule has 0 aromatic carbocycles. The predicted molar refractivity (Wildman–Crippen MR) is 77.6 cm³/mol. The van der Waals surface area contributed by atoms with Crippen LogP contribution in [0, 0.1) is 13.8 Å². The Kier molecular flexibility index (Phi) is 4.81. The number of carbonyl (C=O) groups excluding carboxylic acids is 1. The Labute approximate surface area is 120 Å². The van der Waals surface area contributed by atoms with E-state index in [0.29, 0.717) is 13.0 Å². The minimum Gasteiger partial charge on any atom is -0.383 e. The molecule has 1 saturated heterocycles. The summed E-state index contributed by atoms with van der Waals surface area (Å²) in [4.78, 5) is 14.4. The number of hydrogen-bond acceptors (Lipinski definition) is 3. The second kappa shape index (κ2) is 6.39. The number of hydrogen-bond donors (Lipinski definition) is 0. The zero-order valence-corrected chi connectivity index (χ0v) is 13.0. The topological polar surface area (TPSA) is 47.4 Å². The van der Waals surface area contributed by atoms with Gasteiger partial charge in [0, 0.05) is 32.8 Å². The largest absolute Gasteiger partial charge is 0.383 e. The Hall–Kier alpha value is -1.36. The monoisotopic (exact) mass is 279 g/mol. The second-order valence-electron chi connectivity index (χ2n) is 5.61. The maximum atomic E-state index is 12.4. The zero-order valence-electron chi connectivity index (χ0n) is 13.0. The number of nitrogens with zero attached hydrogens (tertiary/aromatic N) is 3. The normalized spacial score (nSPS) is 18.8. The van der Waals surface area contributed by atoms with Gasteiger partial charge in [-0.15, -0.1) is 0 Å². The highest BCUT2D eigenvalue weighted by Crippen LogP contribution is 2.20. The number of carbonyl (C=O) groups is 1. The molecule has 0 saturated carbocycles. The molecule has 0 N–H and O–H groups in total. The highest BCUT2D eigenvalue weighted by molar-refractivity contribution is 5.77. The summed E-state index contributed by atoms with van der Waals surface area (Å²) in [5.74, 6) is 0.243. The van der Waals surface area contributed by atoms with Crippen molar-refractivity contribution in [3.05, 3.63) is 17.0 Å². The number of likely N-dealkylation sites (tertiary alicyclic amines) is 1. The van der Waals surface area contributed by atoms with E-state index < -0.39 is 0 Å². The van der Waals surface area contributed by atoms with Crippen molar-refractivity contribution in [3.8, 4) is 0 Å². The summed E-state index contributed by atoms with van der Waals surface area (Å²) >= 11 is 0. The molecular formula is C15H25N3O2. The van der Waals surface area contributed by atoms with E-state index in [1.807, 2.05) is 23.6 Å². The number of aryl methyl sites for hydroxylation is 2. The van der Waals surface area contributed by atoms with Crippen LogP contribution in [0.3, 0.4) is 0 Å². The van der Waals surface area contributed by atoms with E-state index in [0.717, 1.165) is 37.2 Å². The Balaban J connectivity index is 1.95. The molecule has 0 aliphatic carbocycles. The molecule has 20 heavy (non-hydrogen) atoms. The molecule has 5 nitrogen and oxygen atoms in total. The van der Waals surface area contributed by atoms with Crippen LogP contribution in [-0.4, -0.2) is 46.9 Å². The summed E-state index contributed by atoms with van der Waals surface area (Å²) in [6.45, 7) is 5.59. The first kappa shape index (κ1) is 15.0.